The van der Waals surface area contributed by atoms with Crippen LogP contribution in [0, 0.1) is 0 Å². The first kappa shape index (κ1) is 39.6. The minimum Gasteiger partial charge on any atom is -0.234 e. The Kier molecular flexibility index (Phi) is 26.2. The summed E-state index contributed by atoms with van der Waals surface area (Å²) in [5.41, 5.74) is 1.31. The Hall–Kier alpha value is -1.57. The molecule has 0 unspecified atom stereocenters. The number of hydrogen-bond acceptors (Lipinski definition) is 0. The van der Waals surface area contributed by atoms with Crippen LogP contribution in [0.1, 0.15) is 212 Å². The summed E-state index contributed by atoms with van der Waals surface area (Å²) in [4.78, 5) is 0. The summed E-state index contributed by atoms with van der Waals surface area (Å²) in [7, 11) is 0. The van der Waals surface area contributed by atoms with Crippen molar-refractivity contribution in [3.63, 3.8) is 0 Å². The monoisotopic (exact) mass is 622 g/mol. The van der Waals surface area contributed by atoms with E-state index >= 15 is 0 Å². The molecule has 2 rings (SSSR count). The molecule has 1 heterocycles. The van der Waals surface area contributed by atoms with Crippen molar-refractivity contribution in [2.45, 2.75) is 219 Å². The number of rotatable bonds is 33. The Balaban J connectivity index is 1.53. The van der Waals surface area contributed by atoms with E-state index in [-0.39, 0.29) is 0 Å². The van der Waals surface area contributed by atoms with Gasteiger partial charge in [0.05, 0.1) is 6.54 Å². The molecule has 2 aromatic rings. The van der Waals surface area contributed by atoms with Crippen LogP contribution in [0.2, 0.25) is 0 Å². The lowest BCUT2D eigenvalue weighted by Crippen LogP contribution is -2.37. The van der Waals surface area contributed by atoms with Crippen LogP contribution in [0.15, 0.2) is 42.7 Å². The number of unbranched alkanes of at least 4 members (excludes halogenated alkanes) is 28. The van der Waals surface area contributed by atoms with Gasteiger partial charge in [0, 0.05) is 6.42 Å². The summed E-state index contributed by atoms with van der Waals surface area (Å²) in [5, 5.41) is 0. The van der Waals surface area contributed by atoms with Crippen molar-refractivity contribution in [3.8, 4) is 5.69 Å². The molecule has 258 valence electrons. The van der Waals surface area contributed by atoms with Gasteiger partial charge in [-0.25, -0.2) is 4.57 Å². The zero-order valence-corrected chi connectivity index (χ0v) is 30.6. The summed E-state index contributed by atoms with van der Waals surface area (Å²) < 4.78 is 5.02. The Morgan fingerprint density at radius 2 is 0.778 bits per heavy atom. The SMILES string of the molecule is CCCCCCCCCCCCCCCCCCC[n+]1ccn(-c2ccccc2)c1CCCCCCCCCCCCCCC. The highest BCUT2D eigenvalue weighted by Gasteiger charge is 2.18. The molecule has 0 aliphatic heterocycles. The van der Waals surface area contributed by atoms with Gasteiger partial charge in [0.15, 0.2) is 0 Å². The number of benzene rings is 1. The summed E-state index contributed by atoms with van der Waals surface area (Å²) >= 11 is 0. The molecule has 2 heteroatoms. The van der Waals surface area contributed by atoms with Gasteiger partial charge in [0.2, 0.25) is 0 Å². The summed E-state index contributed by atoms with van der Waals surface area (Å²) in [5.74, 6) is 1.50. The minimum atomic E-state index is 1.17. The smallest absolute Gasteiger partial charge is 0.234 e. The Morgan fingerprint density at radius 3 is 1.18 bits per heavy atom. The lowest BCUT2D eigenvalue weighted by atomic mass is 10.0. The normalized spacial score (nSPS) is 11.5. The van der Waals surface area contributed by atoms with E-state index in [0.29, 0.717) is 0 Å². The van der Waals surface area contributed by atoms with Gasteiger partial charge in [0.1, 0.15) is 18.1 Å². The highest BCUT2D eigenvalue weighted by Crippen LogP contribution is 2.17. The van der Waals surface area contributed by atoms with Crippen molar-refractivity contribution in [1.82, 2.24) is 4.57 Å². The number of aryl methyl sites for hydroxylation is 1. The Bertz CT molecular complexity index is 869. The maximum Gasteiger partial charge on any atom is 0.261 e. The second-order valence-corrected chi connectivity index (χ2v) is 14.3. The third-order valence-electron chi connectivity index (χ3n) is 10.0. The molecule has 0 aliphatic rings. The van der Waals surface area contributed by atoms with Gasteiger partial charge in [-0.1, -0.05) is 205 Å². The molecule has 1 aromatic heterocycles. The van der Waals surface area contributed by atoms with Gasteiger partial charge in [0.25, 0.3) is 5.82 Å². The first-order valence-electron chi connectivity index (χ1n) is 20.5. The highest BCUT2D eigenvalue weighted by molar-refractivity contribution is 5.31. The first-order chi connectivity index (χ1) is 22.4. The van der Waals surface area contributed by atoms with E-state index in [1.807, 2.05) is 0 Å². The molecule has 0 fully saturated rings. The largest absolute Gasteiger partial charge is 0.261 e. The lowest BCUT2D eigenvalue weighted by molar-refractivity contribution is -0.704. The molecule has 0 aliphatic carbocycles. The summed E-state index contributed by atoms with van der Waals surface area (Å²) in [6.45, 7) is 5.79. The number of aromatic nitrogens is 2. The van der Waals surface area contributed by atoms with Crippen LogP contribution in [-0.2, 0) is 13.0 Å². The van der Waals surface area contributed by atoms with Crippen LogP contribution in [0.3, 0.4) is 0 Å². The quantitative estimate of drug-likeness (QED) is 0.0554. The van der Waals surface area contributed by atoms with E-state index in [2.05, 4.69) is 65.7 Å². The topological polar surface area (TPSA) is 8.81 Å². The zero-order valence-electron chi connectivity index (χ0n) is 30.6. The van der Waals surface area contributed by atoms with E-state index in [1.165, 1.54) is 217 Å². The molecule has 0 radical (unpaired) electrons. The molecular weight excluding hydrogens is 544 g/mol. The molecular formula is C43H77N2+. The second kappa shape index (κ2) is 29.8. The fraction of sp³-hybridized carbons (Fsp3) is 0.791. The van der Waals surface area contributed by atoms with Gasteiger partial charge >= 0.3 is 0 Å². The van der Waals surface area contributed by atoms with E-state index in [9.17, 15) is 0 Å². The van der Waals surface area contributed by atoms with E-state index < -0.39 is 0 Å². The molecule has 0 N–H and O–H groups in total. The molecule has 0 spiro atoms. The molecule has 0 amide bonds. The Morgan fingerprint density at radius 1 is 0.422 bits per heavy atom. The second-order valence-electron chi connectivity index (χ2n) is 14.3. The van der Waals surface area contributed by atoms with Crippen LogP contribution in [0.5, 0.6) is 0 Å². The first-order valence-corrected chi connectivity index (χ1v) is 20.5. The van der Waals surface area contributed by atoms with Crippen LogP contribution in [0.4, 0.5) is 0 Å². The molecule has 0 bridgehead atoms. The average molecular weight is 622 g/mol. The highest BCUT2D eigenvalue weighted by atomic mass is 15.1. The van der Waals surface area contributed by atoms with Crippen molar-refractivity contribution in [2.24, 2.45) is 0 Å². The van der Waals surface area contributed by atoms with Crippen LogP contribution >= 0.6 is 0 Å². The predicted molar refractivity (Wildman–Crippen MR) is 200 cm³/mol. The lowest BCUT2D eigenvalue weighted by Gasteiger charge is -2.07. The molecule has 2 nitrogen and oxygen atoms in total. The van der Waals surface area contributed by atoms with Crippen molar-refractivity contribution in [2.75, 3.05) is 0 Å². The minimum absolute atomic E-state index is 1.17. The maximum atomic E-state index is 2.57. The van der Waals surface area contributed by atoms with E-state index in [1.54, 1.807) is 0 Å². The molecule has 0 saturated heterocycles. The van der Waals surface area contributed by atoms with Crippen LogP contribution in [-0.4, -0.2) is 4.57 Å². The Labute approximate surface area is 282 Å². The molecule has 0 saturated carbocycles. The molecule has 1 aromatic carbocycles. The van der Waals surface area contributed by atoms with Gasteiger partial charge in [-0.2, -0.15) is 4.57 Å². The molecule has 0 atom stereocenters. The number of nitrogens with zero attached hydrogens (tertiary/aromatic N) is 2. The van der Waals surface area contributed by atoms with E-state index in [4.69, 9.17) is 0 Å². The van der Waals surface area contributed by atoms with Crippen molar-refractivity contribution in [1.29, 1.82) is 0 Å². The zero-order chi connectivity index (χ0) is 31.9. The van der Waals surface area contributed by atoms with Crippen molar-refractivity contribution < 1.29 is 4.57 Å². The number of hydrogen-bond donors (Lipinski definition) is 0. The average Bonchev–Trinajstić information content (AvgIpc) is 3.47. The number of imidazole rings is 1. The van der Waals surface area contributed by atoms with Gasteiger partial charge < -0.3 is 0 Å². The summed E-state index contributed by atoms with van der Waals surface area (Å²) in [6, 6.07) is 11.0. The van der Waals surface area contributed by atoms with Gasteiger partial charge in [-0.05, 0) is 31.4 Å². The maximum absolute atomic E-state index is 2.57. The fourth-order valence-corrected chi connectivity index (χ4v) is 7.06. The molecule has 45 heavy (non-hydrogen) atoms. The van der Waals surface area contributed by atoms with Crippen LogP contribution in [0.25, 0.3) is 5.69 Å². The van der Waals surface area contributed by atoms with Crippen molar-refractivity contribution in [3.05, 3.63) is 48.5 Å². The summed E-state index contributed by atoms with van der Waals surface area (Å²) in [6.07, 6.45) is 48.7. The standard InChI is InChI=1S/C43H77N2/c1-3-5-7-9-11-13-15-17-18-19-20-22-24-26-28-30-35-39-44-40-41-45(42-36-32-31-33-37-42)43(44)38-34-29-27-25-23-21-16-14-12-10-8-6-4-2/h31-33,36-37,40-41H,3-30,34-35,38-39H2,1-2H3/q+1. The number of para-hydroxylation sites is 1. The third kappa shape index (κ3) is 21.0. The van der Waals surface area contributed by atoms with E-state index in [0.717, 1.165) is 0 Å². The van der Waals surface area contributed by atoms with Gasteiger partial charge in [-0.3, -0.25) is 0 Å². The fourth-order valence-electron chi connectivity index (χ4n) is 7.06. The predicted octanol–water partition coefficient (Wildman–Crippen LogP) is 14.1. The van der Waals surface area contributed by atoms with Crippen molar-refractivity contribution >= 4 is 0 Å². The van der Waals surface area contributed by atoms with Gasteiger partial charge in [-0.15, -0.1) is 0 Å². The third-order valence-corrected chi connectivity index (χ3v) is 10.0. The van der Waals surface area contributed by atoms with Crippen LogP contribution < -0.4 is 4.57 Å².